The summed E-state index contributed by atoms with van der Waals surface area (Å²) >= 11 is 5.84. The highest BCUT2D eigenvalue weighted by Crippen LogP contribution is 2.32. The lowest BCUT2D eigenvalue weighted by atomic mass is 10.1. The molecule has 0 spiro atoms. The summed E-state index contributed by atoms with van der Waals surface area (Å²) in [5.74, 6) is 0.523. The Morgan fingerprint density at radius 2 is 2.25 bits per heavy atom. The van der Waals surface area contributed by atoms with Gasteiger partial charge in [0.05, 0.1) is 6.04 Å². The summed E-state index contributed by atoms with van der Waals surface area (Å²) < 4.78 is 0. The molecule has 3 nitrogen and oxygen atoms in total. The van der Waals surface area contributed by atoms with Crippen molar-refractivity contribution in [2.45, 2.75) is 24.8 Å². The van der Waals surface area contributed by atoms with Crippen LogP contribution >= 0.6 is 11.6 Å². The molecule has 1 aliphatic heterocycles. The van der Waals surface area contributed by atoms with Crippen molar-refractivity contribution in [3.05, 3.63) is 59.4 Å². The molecular weight excluding hydrogens is 272 g/mol. The molecule has 1 atom stereocenters. The van der Waals surface area contributed by atoms with Gasteiger partial charge in [-0.2, -0.15) is 0 Å². The van der Waals surface area contributed by atoms with Crippen molar-refractivity contribution in [3.63, 3.8) is 0 Å². The van der Waals surface area contributed by atoms with Gasteiger partial charge in [0.1, 0.15) is 0 Å². The van der Waals surface area contributed by atoms with E-state index in [1.54, 1.807) is 0 Å². The number of hydrogen-bond donors (Lipinski definition) is 1. The molecule has 0 saturated carbocycles. The highest BCUT2D eigenvalue weighted by atomic mass is 35.5. The summed E-state index contributed by atoms with van der Waals surface area (Å²) in [6.07, 6.45) is 3.97. The van der Waals surface area contributed by atoms with E-state index in [1.807, 2.05) is 47.5 Å². The number of likely N-dealkylation sites (tertiary alicyclic amines) is 1. The molecule has 2 aromatic rings. The van der Waals surface area contributed by atoms with Crippen LogP contribution < -0.4 is 0 Å². The van der Waals surface area contributed by atoms with E-state index >= 15 is 0 Å². The van der Waals surface area contributed by atoms with Gasteiger partial charge in [0.2, 0.25) is 0 Å². The van der Waals surface area contributed by atoms with Crippen molar-refractivity contribution in [3.8, 4) is 0 Å². The minimum atomic E-state index is 0.0917. The maximum atomic E-state index is 12.7. The molecule has 1 aromatic carbocycles. The van der Waals surface area contributed by atoms with Crippen LogP contribution in [-0.2, 0) is 5.88 Å². The van der Waals surface area contributed by atoms with E-state index in [0.717, 1.165) is 36.2 Å². The second-order valence-corrected chi connectivity index (χ2v) is 5.38. The zero-order chi connectivity index (χ0) is 13.9. The first-order chi connectivity index (χ1) is 9.79. The van der Waals surface area contributed by atoms with Gasteiger partial charge in [-0.3, -0.25) is 4.79 Å². The van der Waals surface area contributed by atoms with E-state index in [4.69, 9.17) is 11.6 Å². The third-order valence-electron chi connectivity index (χ3n) is 3.82. The standard InChI is InChI=1S/C16H17ClN2O/c17-11-12-4-1-5-13(10-12)16(20)19-9-3-7-15(19)14-6-2-8-18-14/h1-2,4-6,8,10,15,18H,3,7,9,11H2. The summed E-state index contributed by atoms with van der Waals surface area (Å²) in [4.78, 5) is 17.9. The molecule has 0 aliphatic carbocycles. The first-order valence-corrected chi connectivity index (χ1v) is 7.42. The SMILES string of the molecule is O=C(c1cccc(CCl)c1)N1CCCC1c1ccc[nH]1. The Hall–Kier alpha value is -1.74. The molecule has 1 aliphatic rings. The van der Waals surface area contributed by atoms with Gasteiger partial charge in [-0.15, -0.1) is 11.6 Å². The van der Waals surface area contributed by atoms with Crippen LogP contribution in [-0.4, -0.2) is 22.3 Å². The number of benzene rings is 1. The molecule has 4 heteroatoms. The maximum absolute atomic E-state index is 12.7. The van der Waals surface area contributed by atoms with Gasteiger partial charge in [0.15, 0.2) is 0 Å². The lowest BCUT2D eigenvalue weighted by molar-refractivity contribution is 0.0733. The zero-order valence-corrected chi connectivity index (χ0v) is 11.9. The van der Waals surface area contributed by atoms with Gasteiger partial charge < -0.3 is 9.88 Å². The topological polar surface area (TPSA) is 36.1 Å². The van der Waals surface area contributed by atoms with Gasteiger partial charge in [-0.25, -0.2) is 0 Å². The van der Waals surface area contributed by atoms with Crippen LogP contribution in [0.15, 0.2) is 42.6 Å². The van der Waals surface area contributed by atoms with Crippen molar-refractivity contribution in [2.75, 3.05) is 6.54 Å². The molecule has 104 valence electrons. The summed E-state index contributed by atoms with van der Waals surface area (Å²) in [6.45, 7) is 0.813. The monoisotopic (exact) mass is 288 g/mol. The molecule has 1 saturated heterocycles. The van der Waals surface area contributed by atoms with Crippen LogP contribution in [0.2, 0.25) is 0 Å². The second-order valence-electron chi connectivity index (χ2n) is 5.12. The molecule has 2 heterocycles. The van der Waals surface area contributed by atoms with E-state index in [1.165, 1.54) is 0 Å². The van der Waals surface area contributed by atoms with E-state index < -0.39 is 0 Å². The Kier molecular flexibility index (Phi) is 3.79. The number of carbonyl (C=O) groups is 1. The van der Waals surface area contributed by atoms with Gasteiger partial charge >= 0.3 is 0 Å². The average Bonchev–Trinajstić information content (AvgIpc) is 3.16. The van der Waals surface area contributed by atoms with Gasteiger partial charge in [-0.05, 0) is 42.7 Å². The predicted molar refractivity (Wildman–Crippen MR) is 79.8 cm³/mol. The highest BCUT2D eigenvalue weighted by Gasteiger charge is 2.31. The Morgan fingerprint density at radius 3 is 3.00 bits per heavy atom. The van der Waals surface area contributed by atoms with Crippen LogP contribution in [0.1, 0.15) is 40.5 Å². The zero-order valence-electron chi connectivity index (χ0n) is 11.2. The van der Waals surface area contributed by atoms with Crippen LogP contribution in [0.5, 0.6) is 0 Å². The number of halogens is 1. The smallest absolute Gasteiger partial charge is 0.254 e. The number of H-pyrrole nitrogens is 1. The van der Waals surface area contributed by atoms with Crippen molar-refractivity contribution in [1.29, 1.82) is 0 Å². The molecule has 0 bridgehead atoms. The summed E-state index contributed by atoms with van der Waals surface area (Å²) in [6, 6.07) is 11.8. The summed E-state index contributed by atoms with van der Waals surface area (Å²) in [5.41, 5.74) is 2.82. The number of hydrogen-bond acceptors (Lipinski definition) is 1. The molecule has 1 amide bonds. The lowest BCUT2D eigenvalue weighted by Gasteiger charge is -2.24. The van der Waals surface area contributed by atoms with Gasteiger partial charge in [0.25, 0.3) is 5.91 Å². The summed E-state index contributed by atoms with van der Waals surface area (Å²) in [5, 5.41) is 0. The third kappa shape index (κ3) is 2.46. The lowest BCUT2D eigenvalue weighted by Crippen LogP contribution is -2.30. The van der Waals surface area contributed by atoms with Crippen molar-refractivity contribution < 1.29 is 4.79 Å². The number of amides is 1. The second kappa shape index (κ2) is 5.71. The number of nitrogens with zero attached hydrogens (tertiary/aromatic N) is 1. The van der Waals surface area contributed by atoms with Crippen molar-refractivity contribution in [1.82, 2.24) is 9.88 Å². The van der Waals surface area contributed by atoms with Gasteiger partial charge in [-0.1, -0.05) is 12.1 Å². The molecule has 0 radical (unpaired) electrons. The Morgan fingerprint density at radius 1 is 1.35 bits per heavy atom. The fraction of sp³-hybridized carbons (Fsp3) is 0.312. The van der Waals surface area contributed by atoms with Gasteiger partial charge in [0, 0.05) is 29.9 Å². The first-order valence-electron chi connectivity index (χ1n) is 6.89. The minimum absolute atomic E-state index is 0.0917. The number of rotatable bonds is 3. The molecule has 1 aromatic heterocycles. The fourth-order valence-corrected chi connectivity index (χ4v) is 3.00. The van der Waals surface area contributed by atoms with E-state index in [0.29, 0.717) is 5.88 Å². The quantitative estimate of drug-likeness (QED) is 0.858. The van der Waals surface area contributed by atoms with E-state index in [9.17, 15) is 4.79 Å². The van der Waals surface area contributed by atoms with E-state index in [2.05, 4.69) is 4.98 Å². The van der Waals surface area contributed by atoms with Crippen LogP contribution in [0.3, 0.4) is 0 Å². The minimum Gasteiger partial charge on any atom is -0.363 e. The normalized spacial score (nSPS) is 18.4. The Labute approximate surface area is 123 Å². The van der Waals surface area contributed by atoms with Crippen molar-refractivity contribution >= 4 is 17.5 Å². The molecule has 1 fully saturated rings. The number of nitrogens with one attached hydrogen (secondary N) is 1. The first kappa shape index (κ1) is 13.3. The number of aromatic nitrogens is 1. The van der Waals surface area contributed by atoms with Crippen LogP contribution in [0.4, 0.5) is 0 Å². The average molecular weight is 289 g/mol. The maximum Gasteiger partial charge on any atom is 0.254 e. The van der Waals surface area contributed by atoms with E-state index in [-0.39, 0.29) is 11.9 Å². The Balaban J connectivity index is 1.85. The fourth-order valence-electron chi connectivity index (χ4n) is 2.84. The third-order valence-corrected chi connectivity index (χ3v) is 4.13. The summed E-state index contributed by atoms with van der Waals surface area (Å²) in [7, 11) is 0. The molecule has 3 rings (SSSR count). The Bertz CT molecular complexity index is 594. The largest absolute Gasteiger partial charge is 0.363 e. The molecule has 1 N–H and O–H groups in total. The van der Waals surface area contributed by atoms with Crippen LogP contribution in [0, 0.1) is 0 Å². The molecule has 20 heavy (non-hydrogen) atoms. The van der Waals surface area contributed by atoms with Crippen LogP contribution in [0.25, 0.3) is 0 Å². The molecular formula is C16H17ClN2O. The predicted octanol–water partition coefficient (Wildman–Crippen LogP) is 3.73. The molecule has 1 unspecified atom stereocenters. The number of carbonyl (C=O) groups excluding carboxylic acids is 1. The number of aromatic amines is 1. The number of alkyl halides is 1. The van der Waals surface area contributed by atoms with Crippen molar-refractivity contribution in [2.24, 2.45) is 0 Å². The highest BCUT2D eigenvalue weighted by molar-refractivity contribution is 6.17.